The zero-order chi connectivity index (χ0) is 14.7. The van der Waals surface area contributed by atoms with Gasteiger partial charge in [-0.3, -0.25) is 4.79 Å². The summed E-state index contributed by atoms with van der Waals surface area (Å²) in [5.41, 5.74) is 1.29. The Kier molecular flexibility index (Phi) is 4.45. The molecule has 1 fully saturated rings. The average molecular weight is 304 g/mol. The Hall–Kier alpha value is -1.53. The molecule has 0 bridgehead atoms. The minimum Gasteiger partial charge on any atom is -0.306 e. The monoisotopic (exact) mass is 304 g/mol. The van der Waals surface area contributed by atoms with E-state index in [2.05, 4.69) is 38.9 Å². The highest BCUT2D eigenvalue weighted by Gasteiger charge is 2.27. The number of hydrogen-bond acceptors (Lipinski definition) is 5. The number of ketones is 1. The number of hydrogen-bond donors (Lipinski definition) is 0. The summed E-state index contributed by atoms with van der Waals surface area (Å²) in [7, 11) is 2.10. The summed E-state index contributed by atoms with van der Waals surface area (Å²) in [5.74, 6) is 0.788. The SMILES string of the molecule is CN1CCC(C(=O)c2ncnn2CCc2ccsc2)CC1. The van der Waals surface area contributed by atoms with E-state index in [0.717, 1.165) is 32.4 Å². The van der Waals surface area contributed by atoms with Crippen LogP contribution in [0.1, 0.15) is 29.0 Å². The first-order chi connectivity index (χ1) is 10.2. The van der Waals surface area contributed by atoms with Crippen LogP contribution in [0.3, 0.4) is 0 Å². The number of carbonyl (C=O) groups excluding carboxylic acids is 1. The van der Waals surface area contributed by atoms with Gasteiger partial charge < -0.3 is 4.90 Å². The zero-order valence-corrected chi connectivity index (χ0v) is 13.1. The number of likely N-dealkylation sites (tertiary alicyclic amines) is 1. The van der Waals surface area contributed by atoms with E-state index in [9.17, 15) is 4.79 Å². The van der Waals surface area contributed by atoms with Gasteiger partial charge in [-0.05, 0) is 61.8 Å². The number of aromatic nitrogens is 3. The van der Waals surface area contributed by atoms with Gasteiger partial charge in [0.2, 0.25) is 5.78 Å². The van der Waals surface area contributed by atoms with Gasteiger partial charge in [-0.15, -0.1) is 0 Å². The van der Waals surface area contributed by atoms with Gasteiger partial charge in [0.15, 0.2) is 5.82 Å². The van der Waals surface area contributed by atoms with E-state index in [1.165, 1.54) is 11.9 Å². The normalized spacial score (nSPS) is 17.2. The molecule has 1 saturated heterocycles. The smallest absolute Gasteiger partial charge is 0.202 e. The molecule has 112 valence electrons. The lowest BCUT2D eigenvalue weighted by molar-refractivity contribution is 0.0839. The summed E-state index contributed by atoms with van der Waals surface area (Å²) in [4.78, 5) is 19.1. The van der Waals surface area contributed by atoms with Crippen molar-refractivity contribution in [1.29, 1.82) is 0 Å². The van der Waals surface area contributed by atoms with Crippen LogP contribution in [0.2, 0.25) is 0 Å². The molecular formula is C15H20N4OS. The second kappa shape index (κ2) is 6.49. The van der Waals surface area contributed by atoms with E-state index in [1.54, 1.807) is 16.0 Å². The first-order valence-corrected chi connectivity index (χ1v) is 8.30. The van der Waals surface area contributed by atoms with Gasteiger partial charge >= 0.3 is 0 Å². The van der Waals surface area contributed by atoms with Crippen molar-refractivity contribution in [3.05, 3.63) is 34.5 Å². The van der Waals surface area contributed by atoms with Gasteiger partial charge in [0, 0.05) is 12.5 Å². The third kappa shape index (κ3) is 3.39. The van der Waals surface area contributed by atoms with Gasteiger partial charge in [-0.1, -0.05) is 0 Å². The average Bonchev–Trinajstić information content (AvgIpc) is 3.16. The first kappa shape index (κ1) is 14.4. The molecule has 3 rings (SSSR count). The predicted octanol–water partition coefficient (Wildman–Crippen LogP) is 2.11. The number of thiophene rings is 1. The van der Waals surface area contributed by atoms with Crippen LogP contribution in [0.15, 0.2) is 23.2 Å². The van der Waals surface area contributed by atoms with Crippen molar-refractivity contribution in [2.45, 2.75) is 25.8 Å². The van der Waals surface area contributed by atoms with Crippen molar-refractivity contribution in [1.82, 2.24) is 19.7 Å². The molecule has 5 nitrogen and oxygen atoms in total. The molecular weight excluding hydrogens is 284 g/mol. The maximum absolute atomic E-state index is 12.6. The lowest BCUT2D eigenvalue weighted by Crippen LogP contribution is -2.34. The van der Waals surface area contributed by atoms with E-state index < -0.39 is 0 Å². The molecule has 0 atom stereocenters. The molecule has 1 aliphatic rings. The molecule has 3 heterocycles. The number of rotatable bonds is 5. The minimum absolute atomic E-state index is 0.102. The third-order valence-corrected chi connectivity index (χ3v) is 4.85. The Morgan fingerprint density at radius 3 is 2.95 bits per heavy atom. The Balaban J connectivity index is 1.65. The fourth-order valence-electron chi connectivity index (χ4n) is 2.74. The molecule has 2 aromatic heterocycles. The van der Waals surface area contributed by atoms with Crippen molar-refractivity contribution >= 4 is 17.1 Å². The molecule has 21 heavy (non-hydrogen) atoms. The van der Waals surface area contributed by atoms with E-state index in [4.69, 9.17) is 0 Å². The van der Waals surface area contributed by atoms with Gasteiger partial charge in [-0.2, -0.15) is 16.4 Å². The number of carbonyl (C=O) groups is 1. The third-order valence-electron chi connectivity index (χ3n) is 4.12. The lowest BCUT2D eigenvalue weighted by Gasteiger charge is -2.27. The Labute approximate surface area is 128 Å². The summed E-state index contributed by atoms with van der Waals surface area (Å²) < 4.78 is 1.76. The Bertz CT molecular complexity index is 585. The van der Waals surface area contributed by atoms with Crippen LogP contribution >= 0.6 is 11.3 Å². The summed E-state index contributed by atoms with van der Waals surface area (Å²) in [6.07, 6.45) is 4.23. The molecule has 6 heteroatoms. The van der Waals surface area contributed by atoms with Crippen molar-refractivity contribution in [3.8, 4) is 0 Å². The molecule has 0 spiro atoms. The van der Waals surface area contributed by atoms with Gasteiger partial charge in [0.05, 0.1) is 0 Å². The maximum atomic E-state index is 12.6. The molecule has 0 aliphatic carbocycles. The van der Waals surface area contributed by atoms with E-state index in [-0.39, 0.29) is 11.7 Å². The second-order valence-electron chi connectivity index (χ2n) is 5.63. The molecule has 0 unspecified atom stereocenters. The molecule has 2 aromatic rings. The zero-order valence-electron chi connectivity index (χ0n) is 12.2. The van der Waals surface area contributed by atoms with Crippen LogP contribution in [0.4, 0.5) is 0 Å². The highest BCUT2D eigenvalue weighted by atomic mass is 32.1. The van der Waals surface area contributed by atoms with Crippen LogP contribution in [0.25, 0.3) is 0 Å². The highest BCUT2D eigenvalue weighted by Crippen LogP contribution is 2.20. The summed E-state index contributed by atoms with van der Waals surface area (Å²) >= 11 is 1.69. The van der Waals surface area contributed by atoms with E-state index >= 15 is 0 Å². The van der Waals surface area contributed by atoms with E-state index in [1.807, 2.05) is 0 Å². The lowest BCUT2D eigenvalue weighted by atomic mass is 9.92. The topological polar surface area (TPSA) is 51.0 Å². The fraction of sp³-hybridized carbons (Fsp3) is 0.533. The number of aryl methyl sites for hydroxylation is 2. The van der Waals surface area contributed by atoms with Crippen molar-refractivity contribution < 1.29 is 4.79 Å². The van der Waals surface area contributed by atoms with Gasteiger partial charge in [-0.25, -0.2) is 9.67 Å². The van der Waals surface area contributed by atoms with Crippen molar-refractivity contribution in [3.63, 3.8) is 0 Å². The van der Waals surface area contributed by atoms with Gasteiger partial charge in [0.1, 0.15) is 6.33 Å². The Morgan fingerprint density at radius 2 is 2.24 bits per heavy atom. The fourth-order valence-corrected chi connectivity index (χ4v) is 3.45. The summed E-state index contributed by atoms with van der Waals surface area (Å²) in [6.45, 7) is 2.68. The molecule has 0 radical (unpaired) electrons. The predicted molar refractivity (Wildman–Crippen MR) is 82.6 cm³/mol. The second-order valence-corrected chi connectivity index (χ2v) is 6.41. The Morgan fingerprint density at radius 1 is 1.43 bits per heavy atom. The van der Waals surface area contributed by atoms with Crippen LogP contribution in [-0.4, -0.2) is 45.6 Å². The van der Waals surface area contributed by atoms with Crippen LogP contribution in [0.5, 0.6) is 0 Å². The van der Waals surface area contributed by atoms with Crippen LogP contribution in [0, 0.1) is 5.92 Å². The standard InChI is InChI=1S/C15H20N4OS/c1-18-6-3-13(4-7-18)14(20)15-16-11-17-19(15)8-2-12-5-9-21-10-12/h5,9-11,13H,2-4,6-8H2,1H3. The molecule has 0 N–H and O–H groups in total. The van der Waals surface area contributed by atoms with Gasteiger partial charge in [0.25, 0.3) is 0 Å². The molecule has 0 aromatic carbocycles. The number of nitrogens with zero attached hydrogens (tertiary/aromatic N) is 4. The summed E-state index contributed by atoms with van der Waals surface area (Å²) in [6, 6.07) is 2.11. The number of piperidine rings is 1. The molecule has 1 aliphatic heterocycles. The minimum atomic E-state index is 0.102. The quantitative estimate of drug-likeness (QED) is 0.794. The number of Topliss-reactive ketones (excluding diaryl/α,β-unsaturated/α-hetero) is 1. The van der Waals surface area contributed by atoms with Crippen LogP contribution < -0.4 is 0 Å². The molecule has 0 saturated carbocycles. The largest absolute Gasteiger partial charge is 0.306 e. The van der Waals surface area contributed by atoms with Crippen molar-refractivity contribution in [2.75, 3.05) is 20.1 Å². The summed E-state index contributed by atoms with van der Waals surface area (Å²) in [5, 5.41) is 8.43. The first-order valence-electron chi connectivity index (χ1n) is 7.35. The van der Waals surface area contributed by atoms with Crippen molar-refractivity contribution in [2.24, 2.45) is 5.92 Å². The molecule has 0 amide bonds. The maximum Gasteiger partial charge on any atom is 0.202 e. The van der Waals surface area contributed by atoms with Crippen LogP contribution in [-0.2, 0) is 13.0 Å². The highest BCUT2D eigenvalue weighted by molar-refractivity contribution is 7.07. The van der Waals surface area contributed by atoms with E-state index in [0.29, 0.717) is 12.4 Å².